The Kier molecular flexibility index (Phi) is 3.07. The number of nitrogens with zero attached hydrogens (tertiary/aromatic N) is 1. The lowest BCUT2D eigenvalue weighted by Crippen LogP contribution is -2.25. The van der Waals surface area contributed by atoms with E-state index in [0.717, 1.165) is 4.90 Å². The quantitative estimate of drug-likeness (QED) is 0.756. The molecule has 0 N–H and O–H groups in total. The number of benzene rings is 1. The lowest BCUT2D eigenvalue weighted by atomic mass is 9.97. The molecule has 1 saturated heterocycles. The first-order valence-corrected chi connectivity index (χ1v) is 5.56. The van der Waals surface area contributed by atoms with E-state index in [4.69, 9.17) is 16.3 Å². The van der Waals surface area contributed by atoms with Gasteiger partial charge in [0.05, 0.1) is 13.0 Å². The van der Waals surface area contributed by atoms with Crippen LogP contribution in [-0.2, 0) is 9.59 Å². The Morgan fingerprint density at radius 3 is 2.65 bits per heavy atom. The van der Waals surface area contributed by atoms with Gasteiger partial charge in [0.1, 0.15) is 5.75 Å². The summed E-state index contributed by atoms with van der Waals surface area (Å²) in [5.74, 6) is -0.265. The van der Waals surface area contributed by atoms with Gasteiger partial charge in [0.2, 0.25) is 11.8 Å². The van der Waals surface area contributed by atoms with Gasteiger partial charge in [-0.15, -0.1) is 0 Å². The molecule has 0 bridgehead atoms. The summed E-state index contributed by atoms with van der Waals surface area (Å²) in [6.45, 7) is 0. The van der Waals surface area contributed by atoms with E-state index in [1.165, 1.54) is 7.05 Å². The van der Waals surface area contributed by atoms with E-state index in [2.05, 4.69) is 0 Å². The zero-order valence-corrected chi connectivity index (χ0v) is 10.3. The molecule has 1 aromatic carbocycles. The number of likely N-dealkylation sites (N-methyl/N-ethyl adjacent to an activating group) is 1. The smallest absolute Gasteiger partial charge is 0.237 e. The predicted octanol–water partition coefficient (Wildman–Crippen LogP) is 1.82. The number of imide groups is 1. The van der Waals surface area contributed by atoms with Crippen LogP contribution in [0.15, 0.2) is 18.2 Å². The van der Waals surface area contributed by atoms with Gasteiger partial charge < -0.3 is 4.74 Å². The number of ether oxygens (including phenoxy) is 1. The van der Waals surface area contributed by atoms with Crippen molar-refractivity contribution in [3.8, 4) is 5.75 Å². The average molecular weight is 254 g/mol. The summed E-state index contributed by atoms with van der Waals surface area (Å²) >= 11 is 6.06. The average Bonchev–Trinajstić information content (AvgIpc) is 2.58. The highest BCUT2D eigenvalue weighted by Crippen LogP contribution is 2.35. The van der Waals surface area contributed by atoms with Gasteiger partial charge in [-0.25, -0.2) is 0 Å². The Morgan fingerprint density at radius 2 is 2.12 bits per heavy atom. The van der Waals surface area contributed by atoms with Gasteiger partial charge in [-0.1, -0.05) is 11.6 Å². The van der Waals surface area contributed by atoms with Gasteiger partial charge in [-0.2, -0.15) is 0 Å². The summed E-state index contributed by atoms with van der Waals surface area (Å²) in [7, 11) is 3.03. The number of hydrogen-bond donors (Lipinski definition) is 0. The van der Waals surface area contributed by atoms with Crippen LogP contribution in [0.4, 0.5) is 0 Å². The van der Waals surface area contributed by atoms with E-state index in [1.807, 2.05) is 0 Å². The van der Waals surface area contributed by atoms with Crippen molar-refractivity contribution in [2.75, 3.05) is 14.2 Å². The fourth-order valence-corrected chi connectivity index (χ4v) is 2.16. The molecule has 0 aromatic heterocycles. The maximum Gasteiger partial charge on any atom is 0.237 e. The van der Waals surface area contributed by atoms with Crippen molar-refractivity contribution in [1.82, 2.24) is 4.90 Å². The minimum atomic E-state index is -0.491. The van der Waals surface area contributed by atoms with E-state index in [0.29, 0.717) is 16.3 Å². The first kappa shape index (κ1) is 11.9. The summed E-state index contributed by atoms with van der Waals surface area (Å²) in [6, 6.07) is 5.10. The number of halogens is 1. The molecule has 1 heterocycles. The third kappa shape index (κ3) is 2.00. The van der Waals surface area contributed by atoms with Crippen molar-refractivity contribution in [3.05, 3.63) is 28.8 Å². The second kappa shape index (κ2) is 4.37. The lowest BCUT2D eigenvalue weighted by molar-refractivity contribution is -0.137. The van der Waals surface area contributed by atoms with Crippen LogP contribution in [-0.4, -0.2) is 30.9 Å². The summed E-state index contributed by atoms with van der Waals surface area (Å²) in [4.78, 5) is 24.5. The van der Waals surface area contributed by atoms with Crippen LogP contribution in [0.3, 0.4) is 0 Å². The Morgan fingerprint density at radius 1 is 1.41 bits per heavy atom. The molecule has 4 nitrogen and oxygen atoms in total. The van der Waals surface area contributed by atoms with Gasteiger partial charge in [0.25, 0.3) is 0 Å². The van der Waals surface area contributed by atoms with Gasteiger partial charge in [-0.05, 0) is 23.8 Å². The second-order valence-electron chi connectivity index (χ2n) is 3.94. The summed E-state index contributed by atoms with van der Waals surface area (Å²) < 4.78 is 5.09. The van der Waals surface area contributed by atoms with Crippen molar-refractivity contribution in [3.63, 3.8) is 0 Å². The maximum atomic E-state index is 11.9. The van der Waals surface area contributed by atoms with Gasteiger partial charge in [0, 0.05) is 18.5 Å². The maximum absolute atomic E-state index is 11.9. The molecule has 17 heavy (non-hydrogen) atoms. The molecular weight excluding hydrogens is 242 g/mol. The molecule has 1 aromatic rings. The van der Waals surface area contributed by atoms with Crippen molar-refractivity contribution in [2.45, 2.75) is 12.3 Å². The first-order valence-electron chi connectivity index (χ1n) is 5.18. The third-order valence-electron chi connectivity index (χ3n) is 2.96. The Labute approximate surface area is 104 Å². The molecule has 1 atom stereocenters. The monoisotopic (exact) mass is 253 g/mol. The van der Waals surface area contributed by atoms with E-state index >= 15 is 0 Å². The third-order valence-corrected chi connectivity index (χ3v) is 3.30. The summed E-state index contributed by atoms with van der Waals surface area (Å²) in [6.07, 6.45) is 0.169. The van der Waals surface area contributed by atoms with E-state index in [-0.39, 0.29) is 18.2 Å². The number of likely N-dealkylation sites (tertiary alicyclic amines) is 1. The highest BCUT2D eigenvalue weighted by atomic mass is 35.5. The van der Waals surface area contributed by atoms with Crippen molar-refractivity contribution in [2.24, 2.45) is 0 Å². The topological polar surface area (TPSA) is 46.6 Å². The minimum absolute atomic E-state index is 0.169. The molecule has 0 saturated carbocycles. The van der Waals surface area contributed by atoms with Gasteiger partial charge >= 0.3 is 0 Å². The van der Waals surface area contributed by atoms with E-state index in [9.17, 15) is 9.59 Å². The molecule has 2 amide bonds. The zero-order valence-electron chi connectivity index (χ0n) is 9.57. The molecule has 1 fully saturated rings. The lowest BCUT2D eigenvalue weighted by Gasteiger charge is -2.12. The molecule has 0 aliphatic carbocycles. The molecule has 0 radical (unpaired) electrons. The Hall–Kier alpha value is -1.55. The predicted molar refractivity (Wildman–Crippen MR) is 63.1 cm³/mol. The van der Waals surface area contributed by atoms with Crippen LogP contribution in [0.25, 0.3) is 0 Å². The van der Waals surface area contributed by atoms with Gasteiger partial charge in [-0.3, -0.25) is 14.5 Å². The van der Waals surface area contributed by atoms with E-state index < -0.39 is 5.92 Å². The molecule has 1 aliphatic heterocycles. The molecule has 2 rings (SSSR count). The van der Waals surface area contributed by atoms with Crippen LogP contribution >= 0.6 is 11.6 Å². The van der Waals surface area contributed by atoms with Crippen LogP contribution in [0.5, 0.6) is 5.75 Å². The molecule has 5 heteroatoms. The number of rotatable bonds is 2. The van der Waals surface area contributed by atoms with Crippen LogP contribution in [0, 0.1) is 0 Å². The highest BCUT2D eigenvalue weighted by Gasteiger charge is 2.38. The molecule has 1 aliphatic rings. The molecule has 90 valence electrons. The fraction of sp³-hybridized carbons (Fsp3) is 0.333. The number of carbonyl (C=O) groups is 2. The SMILES string of the molecule is COc1ccc(Cl)c(C2CC(=O)N(C)C2=O)c1. The molecular formula is C12H12ClNO3. The van der Waals surface area contributed by atoms with Gasteiger partial charge in [0.15, 0.2) is 0 Å². The zero-order chi connectivity index (χ0) is 12.6. The first-order chi connectivity index (χ1) is 8.04. The number of amides is 2. The van der Waals surface area contributed by atoms with Crippen molar-refractivity contribution >= 4 is 23.4 Å². The Balaban J connectivity index is 2.41. The highest BCUT2D eigenvalue weighted by molar-refractivity contribution is 6.32. The summed E-state index contributed by atoms with van der Waals surface area (Å²) in [5, 5.41) is 0.479. The number of methoxy groups -OCH3 is 1. The number of carbonyl (C=O) groups excluding carboxylic acids is 2. The largest absolute Gasteiger partial charge is 0.497 e. The number of hydrogen-bond acceptors (Lipinski definition) is 3. The van der Waals surface area contributed by atoms with Crippen molar-refractivity contribution < 1.29 is 14.3 Å². The van der Waals surface area contributed by atoms with Crippen molar-refractivity contribution in [1.29, 1.82) is 0 Å². The molecule has 0 spiro atoms. The Bertz CT molecular complexity index is 487. The summed E-state index contributed by atoms with van der Waals surface area (Å²) in [5.41, 5.74) is 0.647. The minimum Gasteiger partial charge on any atom is -0.497 e. The van der Waals surface area contributed by atoms with Crippen LogP contribution in [0.1, 0.15) is 17.9 Å². The van der Waals surface area contributed by atoms with Crippen LogP contribution < -0.4 is 4.74 Å². The standard InChI is InChI=1S/C12H12ClNO3/c1-14-11(15)6-9(12(14)16)8-5-7(17-2)3-4-10(8)13/h3-5,9H,6H2,1-2H3. The van der Waals surface area contributed by atoms with E-state index in [1.54, 1.807) is 25.3 Å². The molecule has 1 unspecified atom stereocenters. The normalized spacial score (nSPS) is 19.9. The second-order valence-corrected chi connectivity index (χ2v) is 4.34. The fourth-order valence-electron chi connectivity index (χ4n) is 1.91. The van der Waals surface area contributed by atoms with Crippen LogP contribution in [0.2, 0.25) is 5.02 Å².